The van der Waals surface area contributed by atoms with Crippen molar-refractivity contribution < 1.29 is 100 Å². The van der Waals surface area contributed by atoms with Crippen LogP contribution in [0.5, 0.6) is 0 Å². The summed E-state index contributed by atoms with van der Waals surface area (Å²) in [6.07, 6.45) is -7.16. The fourth-order valence-corrected chi connectivity index (χ4v) is 7.68. The Morgan fingerprint density at radius 2 is 1.70 bits per heavy atom. The number of anilines is 1. The second-order valence-electron chi connectivity index (χ2n) is 11.6. The number of imidazole rings is 1. The summed E-state index contributed by atoms with van der Waals surface area (Å²) in [7, 11) is -16.4. The summed E-state index contributed by atoms with van der Waals surface area (Å²) < 4.78 is 61.7. The minimum Gasteiger partial charge on any atom is -0.483 e. The van der Waals surface area contributed by atoms with Gasteiger partial charge in [-0.05, 0) is 0 Å². The van der Waals surface area contributed by atoms with Crippen molar-refractivity contribution in [3.8, 4) is 0 Å². The Hall–Kier alpha value is -3.50. The highest BCUT2D eigenvalue weighted by atomic mass is 32.2. The summed E-state index contributed by atoms with van der Waals surface area (Å²) >= 11 is 0.479. The number of carbonyl (C=O) groups is 5. The molecule has 0 radical (unpaired) electrons. The number of carboxylic acid groups (broad SMARTS) is 2. The minimum atomic E-state index is -5.59. The zero-order chi connectivity index (χ0) is 42.6. The highest BCUT2D eigenvalue weighted by Crippen LogP contribution is 2.61. The molecule has 2 aromatic rings. The van der Waals surface area contributed by atoms with Gasteiger partial charge in [0, 0.05) is 30.7 Å². The molecule has 3 heterocycles. The Balaban J connectivity index is 0.00000349. The van der Waals surface area contributed by atoms with Crippen LogP contribution in [0, 0.1) is 5.41 Å². The smallest absolute Gasteiger partial charge is 0.481 e. The van der Waals surface area contributed by atoms with Crippen LogP contribution in [-0.4, -0.2) is 145 Å². The molecule has 2 amide bonds. The fraction of sp³-hybridized carbons (Fsp3) is 0.583. The number of carbonyl (C=O) groups excluding carboxylic acids is 3. The number of aromatic nitrogens is 4. The van der Waals surface area contributed by atoms with Crippen molar-refractivity contribution in [1.82, 2.24) is 30.2 Å². The molecule has 1 aliphatic heterocycles. The molecule has 0 bridgehead atoms. The summed E-state index contributed by atoms with van der Waals surface area (Å²) in [5.41, 5.74) is 4.18. The fourth-order valence-electron chi connectivity index (χ4n) is 4.34. The predicted molar refractivity (Wildman–Crippen MR) is 183 cm³/mol. The number of nitrogens with one attached hydrogen (secondary N) is 2. The van der Waals surface area contributed by atoms with E-state index >= 15 is 0 Å². The third-order valence-electron chi connectivity index (χ3n) is 6.91. The Bertz CT molecular complexity index is 1860. The van der Waals surface area contributed by atoms with Crippen LogP contribution in [0.3, 0.4) is 0 Å². The standard InChI is InChI=1S/C23H36N7O19P3S.CH2O2/c1-23(2,16(33)19(34)26-4-3-12(31)25-5-6-53-22(37)21(35)36)8-46-52(43,44)49-51(41,42)45-7-11-15(48-50(38,39)40)14(32)20(47-11)30-10-29-13-17(24)27-9-28-18(13)30;2-1-3/h9-11,14-16,20,32-33H,3-8H2,1-2H3,(H,25,31)(H,26,34)(H,35,36)(H,41,42)(H,43,44)(H2,24,27,28)(H2,38,39,40);1H,(H,2,3)/t11-,14-,15-,16+,20-;/m1./s1. The first kappa shape index (κ1) is 48.6. The van der Waals surface area contributed by atoms with E-state index in [4.69, 9.17) is 34.5 Å². The van der Waals surface area contributed by atoms with Gasteiger partial charge >= 0.3 is 29.4 Å². The lowest BCUT2D eigenvalue weighted by Crippen LogP contribution is -2.46. The van der Waals surface area contributed by atoms with E-state index in [9.17, 15) is 62.7 Å². The van der Waals surface area contributed by atoms with Crippen molar-refractivity contribution in [2.75, 3.05) is 37.8 Å². The molecule has 0 saturated carbocycles. The first-order chi connectivity index (χ1) is 25.8. The number of fused-ring (bicyclic) bond motifs is 1. The maximum absolute atomic E-state index is 12.6. The number of rotatable bonds is 19. The highest BCUT2D eigenvalue weighted by molar-refractivity contribution is 8.15. The third-order valence-corrected chi connectivity index (χ3v) is 10.9. The van der Waals surface area contributed by atoms with Crippen LogP contribution in [0.15, 0.2) is 12.7 Å². The molecular weight excluding hydrogens is 847 g/mol. The van der Waals surface area contributed by atoms with Crippen molar-refractivity contribution in [3.63, 3.8) is 0 Å². The zero-order valence-corrected chi connectivity index (χ0v) is 32.4. The molecule has 0 aromatic carbocycles. The van der Waals surface area contributed by atoms with Crippen molar-refractivity contribution >= 4 is 81.6 Å². The summed E-state index contributed by atoms with van der Waals surface area (Å²) in [6, 6.07) is 0. The molecule has 2 unspecified atom stereocenters. The Morgan fingerprint density at radius 1 is 1.07 bits per heavy atom. The maximum Gasteiger partial charge on any atom is 0.481 e. The number of nitrogen functional groups attached to an aromatic ring is 1. The molecule has 32 heteroatoms. The molecule has 316 valence electrons. The van der Waals surface area contributed by atoms with Gasteiger partial charge in [0.15, 0.2) is 17.7 Å². The lowest BCUT2D eigenvalue weighted by Gasteiger charge is -2.30. The lowest BCUT2D eigenvalue weighted by molar-refractivity contribution is -0.144. The Morgan fingerprint density at radius 3 is 2.30 bits per heavy atom. The number of hydrogen-bond donors (Lipinski definition) is 11. The SMILES string of the molecule is CC(C)(COP(=O)(O)OP(=O)(O)OC[C@H]1O[C@@H](n2cnc3c(N)ncnc32)[C@H](O)[C@@H]1OP(=O)(O)O)[C@@H](O)C(=O)NCCC(=O)NCCSC(=O)C(=O)O.O=CO. The van der Waals surface area contributed by atoms with Gasteiger partial charge in [0.1, 0.15) is 36.3 Å². The zero-order valence-electron chi connectivity index (χ0n) is 28.9. The number of aliphatic hydroxyl groups excluding tert-OH is 2. The molecule has 1 saturated heterocycles. The minimum absolute atomic E-state index is 0.0153. The number of phosphoric ester groups is 3. The van der Waals surface area contributed by atoms with Crippen LogP contribution in [0.25, 0.3) is 11.2 Å². The molecule has 1 aliphatic rings. The average Bonchev–Trinajstić information content (AvgIpc) is 3.64. The van der Waals surface area contributed by atoms with E-state index in [0.717, 1.165) is 17.2 Å². The van der Waals surface area contributed by atoms with Crippen LogP contribution in [0.1, 0.15) is 26.5 Å². The van der Waals surface area contributed by atoms with E-state index in [2.05, 4.69) is 34.4 Å². The first-order valence-electron chi connectivity index (χ1n) is 15.2. The topological polar surface area (TPSA) is 438 Å². The number of carboxylic acids is 1. The maximum atomic E-state index is 12.6. The average molecular weight is 886 g/mol. The molecule has 56 heavy (non-hydrogen) atoms. The van der Waals surface area contributed by atoms with Crippen LogP contribution in [0.2, 0.25) is 0 Å². The van der Waals surface area contributed by atoms with E-state index in [1.165, 1.54) is 13.8 Å². The number of ether oxygens (including phenoxy) is 1. The molecule has 3 rings (SSSR count). The number of amides is 2. The second kappa shape index (κ2) is 20.8. The summed E-state index contributed by atoms with van der Waals surface area (Å²) in [5.74, 6) is -3.32. The van der Waals surface area contributed by atoms with Crippen molar-refractivity contribution in [2.24, 2.45) is 5.41 Å². The van der Waals surface area contributed by atoms with Crippen LogP contribution in [-0.2, 0) is 60.3 Å². The van der Waals surface area contributed by atoms with E-state index < -0.39 is 95.6 Å². The molecule has 12 N–H and O–H groups in total. The monoisotopic (exact) mass is 885 g/mol. The van der Waals surface area contributed by atoms with Gasteiger partial charge < -0.3 is 61.1 Å². The number of phosphoric acid groups is 3. The van der Waals surface area contributed by atoms with Gasteiger partial charge in [0.25, 0.3) is 11.6 Å². The van der Waals surface area contributed by atoms with Crippen LogP contribution >= 0.6 is 35.2 Å². The highest BCUT2D eigenvalue weighted by Gasteiger charge is 2.50. The molecule has 0 aliphatic carbocycles. The normalized spacial score (nSPS) is 21.1. The van der Waals surface area contributed by atoms with E-state index in [1.807, 2.05) is 0 Å². The molecule has 28 nitrogen and oxygen atoms in total. The van der Waals surface area contributed by atoms with Crippen molar-refractivity contribution in [1.29, 1.82) is 0 Å². The third kappa shape index (κ3) is 15.1. The van der Waals surface area contributed by atoms with Crippen LogP contribution in [0.4, 0.5) is 5.82 Å². The van der Waals surface area contributed by atoms with Gasteiger partial charge in [-0.25, -0.2) is 33.4 Å². The lowest BCUT2D eigenvalue weighted by atomic mass is 9.87. The molecule has 1 fully saturated rings. The van der Waals surface area contributed by atoms with Crippen molar-refractivity contribution in [3.05, 3.63) is 12.7 Å². The largest absolute Gasteiger partial charge is 0.483 e. The van der Waals surface area contributed by atoms with E-state index in [-0.39, 0.29) is 48.7 Å². The first-order valence-corrected chi connectivity index (χ1v) is 20.7. The van der Waals surface area contributed by atoms with Crippen molar-refractivity contribution in [2.45, 2.75) is 50.9 Å². The van der Waals surface area contributed by atoms with Gasteiger partial charge in [-0.3, -0.25) is 37.3 Å². The van der Waals surface area contributed by atoms with Gasteiger partial charge in [0.2, 0.25) is 11.8 Å². The predicted octanol–water partition coefficient (Wildman–Crippen LogP) is -2.55. The summed E-state index contributed by atoms with van der Waals surface area (Å²) in [6.45, 7) is -0.233. The number of hydrogen-bond acceptors (Lipinski definition) is 20. The second-order valence-corrected chi connectivity index (χ2v) is 16.9. The number of nitrogens with zero attached hydrogens (tertiary/aromatic N) is 4. The number of thioether (sulfide) groups is 1. The molecule has 2 aromatic heterocycles. The van der Waals surface area contributed by atoms with E-state index in [0.29, 0.717) is 11.8 Å². The number of aliphatic carboxylic acids is 1. The summed E-state index contributed by atoms with van der Waals surface area (Å²) in [5, 5.41) is 40.2. The number of nitrogens with two attached hydrogens (primary N) is 1. The summed E-state index contributed by atoms with van der Waals surface area (Å²) in [4.78, 5) is 105. The van der Waals surface area contributed by atoms with Gasteiger partial charge in [-0.1, -0.05) is 25.6 Å². The number of aliphatic hydroxyl groups is 2. The van der Waals surface area contributed by atoms with E-state index in [1.54, 1.807) is 0 Å². The molecule has 7 atom stereocenters. The molecular formula is C24H38N7O21P3S. The van der Waals surface area contributed by atoms with Gasteiger partial charge in [-0.2, -0.15) is 4.31 Å². The Labute approximate surface area is 318 Å². The van der Waals surface area contributed by atoms with Gasteiger partial charge in [0.05, 0.1) is 19.5 Å². The molecule has 0 spiro atoms. The quantitative estimate of drug-likeness (QED) is 0.0299. The Kier molecular flexibility index (Phi) is 18.1. The van der Waals surface area contributed by atoms with Crippen LogP contribution < -0.4 is 16.4 Å². The van der Waals surface area contributed by atoms with Gasteiger partial charge in [-0.15, -0.1) is 0 Å².